The van der Waals surface area contributed by atoms with E-state index in [-0.39, 0.29) is 17.6 Å². The van der Waals surface area contributed by atoms with E-state index in [0.29, 0.717) is 0 Å². The second-order valence-electron chi connectivity index (χ2n) is 5.82. The number of halogens is 1. The molecule has 0 aromatic carbocycles. The molecule has 0 radical (unpaired) electrons. The zero-order valence-corrected chi connectivity index (χ0v) is 12.6. The highest BCUT2D eigenvalue weighted by Gasteiger charge is 2.44. The molecule has 0 atom stereocenters. The summed E-state index contributed by atoms with van der Waals surface area (Å²) in [4.78, 5) is 11.5. The van der Waals surface area contributed by atoms with Gasteiger partial charge in [-0.15, -0.1) is 0 Å². The Bertz CT molecular complexity index is 269. The molecular formula is C12H22BrNO3. The molecule has 0 heterocycles. The van der Waals surface area contributed by atoms with Gasteiger partial charge >= 0.3 is 6.09 Å². The highest BCUT2D eigenvalue weighted by molar-refractivity contribution is 9.09. The summed E-state index contributed by atoms with van der Waals surface area (Å²) >= 11 is 3.50. The van der Waals surface area contributed by atoms with Crippen molar-refractivity contribution in [3.8, 4) is 0 Å². The lowest BCUT2D eigenvalue weighted by molar-refractivity contribution is 0.00380. The minimum absolute atomic E-state index is 0.175. The van der Waals surface area contributed by atoms with E-state index in [2.05, 4.69) is 21.2 Å². The Morgan fingerprint density at radius 3 is 2.47 bits per heavy atom. The van der Waals surface area contributed by atoms with E-state index >= 15 is 0 Å². The molecule has 1 N–H and O–H groups in total. The van der Waals surface area contributed by atoms with E-state index in [9.17, 15) is 4.79 Å². The van der Waals surface area contributed by atoms with Gasteiger partial charge in [0.05, 0.1) is 6.61 Å². The zero-order valence-electron chi connectivity index (χ0n) is 11.0. The van der Waals surface area contributed by atoms with Crippen molar-refractivity contribution >= 4 is 22.0 Å². The molecule has 0 aliphatic heterocycles. The normalized spacial score (nSPS) is 28.4. The fraction of sp³-hybridized carbons (Fsp3) is 0.917. The highest BCUT2D eigenvalue weighted by atomic mass is 79.9. The van der Waals surface area contributed by atoms with Gasteiger partial charge in [-0.05, 0) is 33.6 Å². The lowest BCUT2D eigenvalue weighted by atomic mass is 9.67. The maximum atomic E-state index is 11.5. The van der Waals surface area contributed by atoms with Gasteiger partial charge in [0.25, 0.3) is 0 Å². The van der Waals surface area contributed by atoms with Gasteiger partial charge in [-0.1, -0.05) is 15.9 Å². The van der Waals surface area contributed by atoms with Gasteiger partial charge in [0.1, 0.15) is 5.60 Å². The first kappa shape index (κ1) is 14.8. The van der Waals surface area contributed by atoms with Crippen LogP contribution in [0.4, 0.5) is 4.79 Å². The van der Waals surface area contributed by atoms with E-state index in [1.54, 1.807) is 7.11 Å². The smallest absolute Gasteiger partial charge is 0.407 e. The minimum Gasteiger partial charge on any atom is -0.444 e. The summed E-state index contributed by atoms with van der Waals surface area (Å²) in [5, 5.41) is 3.79. The molecule has 4 nitrogen and oxygen atoms in total. The van der Waals surface area contributed by atoms with Crippen LogP contribution in [0.5, 0.6) is 0 Å². The van der Waals surface area contributed by atoms with Crippen molar-refractivity contribution in [3.63, 3.8) is 0 Å². The minimum atomic E-state index is -0.438. The lowest BCUT2D eigenvalue weighted by Gasteiger charge is -2.46. The second-order valence-corrected chi connectivity index (χ2v) is 6.38. The molecule has 1 aliphatic rings. The van der Waals surface area contributed by atoms with Crippen LogP contribution in [0.1, 0.15) is 33.6 Å². The third-order valence-corrected chi connectivity index (χ3v) is 4.00. The number of carbonyl (C=O) groups excluding carboxylic acids is 1. The lowest BCUT2D eigenvalue weighted by Crippen LogP contribution is -2.54. The third kappa shape index (κ3) is 4.47. The summed E-state index contributed by atoms with van der Waals surface area (Å²) in [6, 6.07) is 0.206. The molecule has 1 rings (SSSR count). The monoisotopic (exact) mass is 307 g/mol. The van der Waals surface area contributed by atoms with Crippen molar-refractivity contribution in [1.29, 1.82) is 0 Å². The number of alkyl carbamates (subject to hydrolysis) is 1. The van der Waals surface area contributed by atoms with Gasteiger partial charge in [0.15, 0.2) is 0 Å². The molecule has 1 saturated carbocycles. The predicted molar refractivity (Wildman–Crippen MR) is 70.5 cm³/mol. The Kier molecular flexibility index (Phi) is 4.84. The van der Waals surface area contributed by atoms with Gasteiger partial charge in [-0.25, -0.2) is 4.79 Å². The average molecular weight is 308 g/mol. The summed E-state index contributed by atoms with van der Waals surface area (Å²) < 4.78 is 10.4. The Labute approximate surface area is 112 Å². The molecule has 17 heavy (non-hydrogen) atoms. The Morgan fingerprint density at radius 1 is 1.47 bits per heavy atom. The number of hydrogen-bond acceptors (Lipinski definition) is 3. The summed E-state index contributed by atoms with van der Waals surface area (Å²) in [7, 11) is 1.71. The first-order valence-corrected chi connectivity index (χ1v) is 6.97. The number of nitrogens with one attached hydrogen (secondary N) is 1. The van der Waals surface area contributed by atoms with Crippen LogP contribution in [0.2, 0.25) is 0 Å². The number of alkyl halides is 1. The number of carbonyl (C=O) groups is 1. The van der Waals surface area contributed by atoms with Crippen LogP contribution in [0.25, 0.3) is 0 Å². The molecule has 1 fully saturated rings. The number of hydrogen-bond donors (Lipinski definition) is 1. The summed E-state index contributed by atoms with van der Waals surface area (Å²) in [5.41, 5.74) is -0.263. The zero-order chi connectivity index (χ0) is 13.1. The average Bonchev–Trinajstić information content (AvgIpc) is 2.11. The van der Waals surface area contributed by atoms with Gasteiger partial charge in [0, 0.05) is 23.9 Å². The molecular weight excluding hydrogens is 286 g/mol. The topological polar surface area (TPSA) is 47.6 Å². The van der Waals surface area contributed by atoms with Crippen LogP contribution in [0.3, 0.4) is 0 Å². The molecule has 1 amide bonds. The van der Waals surface area contributed by atoms with Gasteiger partial charge in [0.2, 0.25) is 0 Å². The molecule has 0 bridgehead atoms. The molecule has 0 aromatic rings. The van der Waals surface area contributed by atoms with Crippen LogP contribution < -0.4 is 5.32 Å². The largest absolute Gasteiger partial charge is 0.444 e. The molecule has 0 spiro atoms. The SMILES string of the molecule is COCC1(CBr)CC(NC(=O)OC(C)(C)C)C1. The van der Waals surface area contributed by atoms with Crippen LogP contribution in [0.15, 0.2) is 0 Å². The first-order chi connectivity index (χ1) is 7.80. The number of amides is 1. The summed E-state index contributed by atoms with van der Waals surface area (Å²) in [6.07, 6.45) is 1.54. The van der Waals surface area contributed by atoms with E-state index in [1.165, 1.54) is 0 Å². The fourth-order valence-electron chi connectivity index (χ4n) is 2.13. The Balaban J connectivity index is 2.31. The van der Waals surface area contributed by atoms with Crippen molar-refractivity contribution in [2.45, 2.75) is 45.3 Å². The third-order valence-electron chi connectivity index (χ3n) is 2.81. The van der Waals surface area contributed by atoms with Gasteiger partial charge in [-0.2, -0.15) is 0 Å². The predicted octanol–water partition coefficient (Wildman–Crippen LogP) is 2.70. The molecule has 1 aliphatic carbocycles. The quantitative estimate of drug-likeness (QED) is 0.812. The number of methoxy groups -OCH3 is 1. The van der Waals surface area contributed by atoms with Crippen LogP contribution >= 0.6 is 15.9 Å². The van der Waals surface area contributed by atoms with Crippen molar-refractivity contribution < 1.29 is 14.3 Å². The van der Waals surface area contributed by atoms with Crippen molar-refractivity contribution in [2.24, 2.45) is 5.41 Å². The molecule has 0 unspecified atom stereocenters. The van der Waals surface area contributed by atoms with E-state index in [0.717, 1.165) is 24.8 Å². The maximum absolute atomic E-state index is 11.5. The molecule has 5 heteroatoms. The van der Waals surface area contributed by atoms with Crippen LogP contribution in [-0.2, 0) is 9.47 Å². The van der Waals surface area contributed by atoms with Crippen LogP contribution in [0, 0.1) is 5.41 Å². The summed E-state index contributed by atoms with van der Waals surface area (Å²) in [5.74, 6) is 0. The Hall–Kier alpha value is -0.290. The highest BCUT2D eigenvalue weighted by Crippen LogP contribution is 2.42. The molecule has 0 aromatic heterocycles. The number of ether oxygens (including phenoxy) is 2. The summed E-state index contributed by atoms with van der Waals surface area (Å²) in [6.45, 7) is 6.31. The Morgan fingerprint density at radius 2 is 2.06 bits per heavy atom. The van der Waals surface area contributed by atoms with Crippen molar-refractivity contribution in [3.05, 3.63) is 0 Å². The van der Waals surface area contributed by atoms with Crippen molar-refractivity contribution in [1.82, 2.24) is 5.32 Å². The number of rotatable bonds is 4. The maximum Gasteiger partial charge on any atom is 0.407 e. The second kappa shape index (κ2) is 5.57. The molecule has 100 valence electrons. The van der Waals surface area contributed by atoms with E-state index < -0.39 is 5.60 Å². The molecule has 0 saturated heterocycles. The van der Waals surface area contributed by atoms with E-state index in [4.69, 9.17) is 9.47 Å². The first-order valence-electron chi connectivity index (χ1n) is 5.85. The van der Waals surface area contributed by atoms with Crippen molar-refractivity contribution in [2.75, 3.05) is 19.0 Å². The van der Waals surface area contributed by atoms with E-state index in [1.807, 2.05) is 20.8 Å². The van der Waals surface area contributed by atoms with Crippen LogP contribution in [-0.4, -0.2) is 36.8 Å². The standard InChI is InChI=1S/C12H22BrNO3/c1-11(2,3)17-10(15)14-9-5-12(6-9,7-13)8-16-4/h9H,5-8H2,1-4H3,(H,14,15). The van der Waals surface area contributed by atoms with Gasteiger partial charge in [-0.3, -0.25) is 0 Å². The fourth-order valence-corrected chi connectivity index (χ4v) is 2.75. The van der Waals surface area contributed by atoms with Gasteiger partial charge < -0.3 is 14.8 Å².